The molecule has 0 N–H and O–H groups in total. The molecule has 0 saturated carbocycles. The van der Waals surface area contributed by atoms with Crippen LogP contribution in [0.3, 0.4) is 0 Å². The highest BCUT2D eigenvalue weighted by Gasteiger charge is 2.04. The first-order chi connectivity index (χ1) is 6.63. The largest absolute Gasteiger partial charge is 0.491 e. The minimum atomic E-state index is -0.130. The van der Waals surface area contributed by atoms with Crippen LogP contribution in [0.5, 0.6) is 5.75 Å². The Kier molecular flexibility index (Phi) is 4.24. The van der Waals surface area contributed by atoms with Crippen LogP contribution < -0.4 is 4.74 Å². The molecule has 0 amide bonds. The molecule has 2 nitrogen and oxygen atoms in total. The monoisotopic (exact) mass is 273 g/mol. The van der Waals surface area contributed by atoms with E-state index in [-0.39, 0.29) is 5.92 Å². The Bertz CT molecular complexity index is 362. The maximum Gasteiger partial charge on any atom is 0.138 e. The zero-order valence-electron chi connectivity index (χ0n) is 7.63. The van der Waals surface area contributed by atoms with Crippen LogP contribution in [-0.2, 0) is 0 Å². The molecule has 0 saturated heterocycles. The zero-order chi connectivity index (χ0) is 10.6. The molecule has 74 valence electrons. The average Bonchev–Trinajstić information content (AvgIpc) is 2.16. The van der Waals surface area contributed by atoms with Crippen molar-refractivity contribution >= 4 is 27.5 Å². The van der Waals surface area contributed by atoms with Crippen LogP contribution in [0.4, 0.5) is 0 Å². The lowest BCUT2D eigenvalue weighted by atomic mass is 10.2. The van der Waals surface area contributed by atoms with Gasteiger partial charge in [0.2, 0.25) is 0 Å². The van der Waals surface area contributed by atoms with Crippen molar-refractivity contribution in [2.45, 2.75) is 6.92 Å². The molecule has 0 bridgehead atoms. The van der Waals surface area contributed by atoms with E-state index >= 15 is 0 Å². The molecule has 1 unspecified atom stereocenters. The highest BCUT2D eigenvalue weighted by molar-refractivity contribution is 9.10. The summed E-state index contributed by atoms with van der Waals surface area (Å²) in [6, 6.07) is 7.47. The van der Waals surface area contributed by atoms with Gasteiger partial charge in [-0.05, 0) is 25.1 Å². The summed E-state index contributed by atoms with van der Waals surface area (Å²) in [7, 11) is 0. The second-order valence-electron chi connectivity index (χ2n) is 2.92. The van der Waals surface area contributed by atoms with E-state index in [0.717, 1.165) is 4.47 Å². The number of rotatable bonds is 3. The molecule has 0 aromatic heterocycles. The molecular weight excluding hydrogens is 265 g/mol. The minimum absolute atomic E-state index is 0.130. The second kappa shape index (κ2) is 5.23. The zero-order valence-corrected chi connectivity index (χ0v) is 9.97. The minimum Gasteiger partial charge on any atom is -0.491 e. The van der Waals surface area contributed by atoms with Gasteiger partial charge >= 0.3 is 0 Å². The Morgan fingerprint density at radius 3 is 2.93 bits per heavy atom. The third-order valence-corrected chi connectivity index (χ3v) is 2.39. The smallest absolute Gasteiger partial charge is 0.138 e. The van der Waals surface area contributed by atoms with Gasteiger partial charge in [-0.15, -0.1) is 0 Å². The molecule has 1 aromatic rings. The molecule has 14 heavy (non-hydrogen) atoms. The van der Waals surface area contributed by atoms with Gasteiger partial charge in [0.1, 0.15) is 12.4 Å². The molecular formula is C10H9BrClNO. The van der Waals surface area contributed by atoms with E-state index in [1.54, 1.807) is 19.1 Å². The van der Waals surface area contributed by atoms with Crippen LogP contribution >= 0.6 is 27.5 Å². The summed E-state index contributed by atoms with van der Waals surface area (Å²) in [4.78, 5) is 0. The Hall–Kier alpha value is -0.720. The standard InChI is InChI=1S/C10H9BrClNO/c1-7(5-13)6-14-10-3-2-8(11)4-9(10)12/h2-4,7H,6H2,1H3. The Morgan fingerprint density at radius 1 is 1.64 bits per heavy atom. The van der Waals surface area contributed by atoms with Crippen LogP contribution in [0.1, 0.15) is 6.92 Å². The predicted octanol–water partition coefficient (Wildman–Crippen LogP) is 3.64. The van der Waals surface area contributed by atoms with Gasteiger partial charge in [-0.3, -0.25) is 0 Å². The fourth-order valence-electron chi connectivity index (χ4n) is 0.844. The lowest BCUT2D eigenvalue weighted by Crippen LogP contribution is -2.06. The number of halogens is 2. The van der Waals surface area contributed by atoms with Gasteiger partial charge in [-0.2, -0.15) is 5.26 Å². The lowest BCUT2D eigenvalue weighted by Gasteiger charge is -2.08. The summed E-state index contributed by atoms with van der Waals surface area (Å²) in [6.07, 6.45) is 0. The Labute approximate surface area is 96.6 Å². The summed E-state index contributed by atoms with van der Waals surface area (Å²) >= 11 is 9.22. The summed E-state index contributed by atoms with van der Waals surface area (Å²) in [5, 5.41) is 9.10. The molecule has 1 aromatic carbocycles. The summed E-state index contributed by atoms with van der Waals surface area (Å²) in [5.74, 6) is 0.478. The van der Waals surface area contributed by atoms with Crippen LogP contribution in [0, 0.1) is 17.2 Å². The van der Waals surface area contributed by atoms with Crippen molar-refractivity contribution in [1.29, 1.82) is 5.26 Å². The van der Waals surface area contributed by atoms with Crippen LogP contribution in [0.2, 0.25) is 5.02 Å². The highest BCUT2D eigenvalue weighted by atomic mass is 79.9. The van der Waals surface area contributed by atoms with E-state index in [1.165, 1.54) is 0 Å². The SMILES string of the molecule is CC(C#N)COc1ccc(Br)cc1Cl. The summed E-state index contributed by atoms with van der Waals surface area (Å²) < 4.78 is 6.27. The molecule has 0 fully saturated rings. The molecule has 1 rings (SSSR count). The topological polar surface area (TPSA) is 33.0 Å². The Morgan fingerprint density at radius 2 is 2.36 bits per heavy atom. The molecule has 0 aliphatic rings. The van der Waals surface area contributed by atoms with Crippen molar-refractivity contribution in [3.05, 3.63) is 27.7 Å². The highest BCUT2D eigenvalue weighted by Crippen LogP contribution is 2.27. The van der Waals surface area contributed by atoms with Crippen molar-refractivity contribution in [1.82, 2.24) is 0 Å². The molecule has 0 aliphatic heterocycles. The van der Waals surface area contributed by atoms with Gasteiger partial charge in [0, 0.05) is 4.47 Å². The number of nitrogens with zero attached hydrogens (tertiary/aromatic N) is 1. The molecule has 0 heterocycles. The lowest BCUT2D eigenvalue weighted by molar-refractivity contribution is 0.288. The summed E-state index contributed by atoms with van der Waals surface area (Å²) in [6.45, 7) is 2.16. The van der Waals surface area contributed by atoms with Crippen molar-refractivity contribution in [3.8, 4) is 11.8 Å². The van der Waals surface area contributed by atoms with Gasteiger partial charge in [0.05, 0.1) is 17.0 Å². The number of hydrogen-bond acceptors (Lipinski definition) is 2. The van der Waals surface area contributed by atoms with Crippen LogP contribution in [0.15, 0.2) is 22.7 Å². The van der Waals surface area contributed by atoms with Crippen LogP contribution in [-0.4, -0.2) is 6.61 Å². The van der Waals surface area contributed by atoms with Crippen LogP contribution in [0.25, 0.3) is 0 Å². The second-order valence-corrected chi connectivity index (χ2v) is 4.24. The number of ether oxygens (including phenoxy) is 1. The van der Waals surface area contributed by atoms with Gasteiger partial charge < -0.3 is 4.74 Å². The first-order valence-corrected chi connectivity index (χ1v) is 5.28. The normalized spacial score (nSPS) is 11.9. The van der Waals surface area contributed by atoms with Crippen molar-refractivity contribution < 1.29 is 4.74 Å². The van der Waals surface area contributed by atoms with E-state index in [4.69, 9.17) is 21.6 Å². The Balaban J connectivity index is 2.64. The molecule has 0 spiro atoms. The average molecular weight is 275 g/mol. The number of benzene rings is 1. The van der Waals surface area contributed by atoms with E-state index in [2.05, 4.69) is 22.0 Å². The van der Waals surface area contributed by atoms with Gasteiger partial charge in [0.25, 0.3) is 0 Å². The fraction of sp³-hybridized carbons (Fsp3) is 0.300. The molecule has 0 radical (unpaired) electrons. The third-order valence-electron chi connectivity index (χ3n) is 1.60. The van der Waals surface area contributed by atoms with Crippen molar-refractivity contribution in [2.24, 2.45) is 5.92 Å². The predicted molar refractivity (Wildman–Crippen MR) is 59.4 cm³/mol. The maximum absolute atomic E-state index is 8.56. The van der Waals surface area contributed by atoms with Crippen molar-refractivity contribution in [2.75, 3.05) is 6.61 Å². The fourth-order valence-corrected chi connectivity index (χ4v) is 1.57. The maximum atomic E-state index is 8.56. The molecule has 0 aliphatic carbocycles. The van der Waals surface area contributed by atoms with E-state index < -0.39 is 0 Å². The van der Waals surface area contributed by atoms with E-state index in [0.29, 0.717) is 17.4 Å². The van der Waals surface area contributed by atoms with Gasteiger partial charge in [-0.25, -0.2) is 0 Å². The third kappa shape index (κ3) is 3.21. The van der Waals surface area contributed by atoms with Gasteiger partial charge in [0.15, 0.2) is 0 Å². The number of hydrogen-bond donors (Lipinski definition) is 0. The molecule has 4 heteroatoms. The first-order valence-electron chi connectivity index (χ1n) is 4.11. The molecule has 1 atom stereocenters. The quantitative estimate of drug-likeness (QED) is 0.843. The number of nitriles is 1. The van der Waals surface area contributed by atoms with E-state index in [9.17, 15) is 0 Å². The van der Waals surface area contributed by atoms with Gasteiger partial charge in [-0.1, -0.05) is 27.5 Å². The first kappa shape index (κ1) is 11.4. The van der Waals surface area contributed by atoms with E-state index in [1.807, 2.05) is 6.07 Å². The summed E-state index contributed by atoms with van der Waals surface area (Å²) in [5.41, 5.74) is 0. The van der Waals surface area contributed by atoms with Crippen molar-refractivity contribution in [3.63, 3.8) is 0 Å².